The molecule has 0 aliphatic heterocycles. The second-order valence-corrected chi connectivity index (χ2v) is 6.64. The van der Waals surface area contributed by atoms with Crippen LogP contribution in [0.5, 0.6) is 0 Å². The molecular formula is C16H15BrCl2. The van der Waals surface area contributed by atoms with Crippen LogP contribution >= 0.6 is 39.1 Å². The van der Waals surface area contributed by atoms with Crippen LogP contribution in [0.3, 0.4) is 0 Å². The van der Waals surface area contributed by atoms with E-state index in [0.717, 1.165) is 20.6 Å². The molecule has 1 unspecified atom stereocenters. The Morgan fingerprint density at radius 3 is 2.21 bits per heavy atom. The minimum Gasteiger partial charge on any atom is -0.113 e. The van der Waals surface area contributed by atoms with Gasteiger partial charge in [0.2, 0.25) is 0 Å². The summed E-state index contributed by atoms with van der Waals surface area (Å²) in [6, 6.07) is 10.2. The molecule has 0 N–H and O–H groups in total. The Morgan fingerprint density at radius 2 is 1.58 bits per heavy atom. The van der Waals surface area contributed by atoms with Crippen molar-refractivity contribution in [3.05, 3.63) is 67.6 Å². The highest BCUT2D eigenvalue weighted by molar-refractivity contribution is 9.10. The molecule has 0 amide bonds. The van der Waals surface area contributed by atoms with Crippen LogP contribution in [-0.2, 0) is 0 Å². The molecule has 0 aliphatic rings. The van der Waals surface area contributed by atoms with Crippen molar-refractivity contribution in [2.75, 3.05) is 0 Å². The summed E-state index contributed by atoms with van der Waals surface area (Å²) >= 11 is 16.4. The van der Waals surface area contributed by atoms with E-state index in [1.165, 1.54) is 16.7 Å². The van der Waals surface area contributed by atoms with Crippen molar-refractivity contribution < 1.29 is 0 Å². The zero-order valence-corrected chi connectivity index (χ0v) is 14.2. The first-order valence-electron chi connectivity index (χ1n) is 6.06. The average molecular weight is 358 g/mol. The smallest absolute Gasteiger partial charge is 0.0850 e. The Labute approximate surface area is 132 Å². The molecule has 0 saturated heterocycles. The number of halogens is 3. The first-order valence-corrected chi connectivity index (χ1v) is 7.67. The summed E-state index contributed by atoms with van der Waals surface area (Å²) in [4.78, 5) is 0. The molecule has 0 saturated carbocycles. The lowest BCUT2D eigenvalue weighted by atomic mass is 9.99. The lowest BCUT2D eigenvalue weighted by Crippen LogP contribution is -1.97. The van der Waals surface area contributed by atoms with E-state index in [0.29, 0.717) is 0 Å². The molecule has 100 valence electrons. The summed E-state index contributed by atoms with van der Waals surface area (Å²) in [6.07, 6.45) is 0. The fourth-order valence-electron chi connectivity index (χ4n) is 2.09. The van der Waals surface area contributed by atoms with Crippen LogP contribution in [0.4, 0.5) is 0 Å². The topological polar surface area (TPSA) is 0 Å². The van der Waals surface area contributed by atoms with Crippen molar-refractivity contribution in [3.8, 4) is 0 Å². The monoisotopic (exact) mass is 356 g/mol. The number of aryl methyl sites for hydroxylation is 3. The maximum absolute atomic E-state index is 6.60. The zero-order valence-electron chi connectivity index (χ0n) is 11.1. The molecule has 0 radical (unpaired) electrons. The van der Waals surface area contributed by atoms with Crippen LogP contribution in [-0.4, -0.2) is 0 Å². The number of alkyl halides is 1. The van der Waals surface area contributed by atoms with Gasteiger partial charge in [0, 0.05) is 9.50 Å². The van der Waals surface area contributed by atoms with Gasteiger partial charge in [-0.3, -0.25) is 0 Å². The Kier molecular flexibility index (Phi) is 4.60. The first-order chi connectivity index (χ1) is 8.88. The molecule has 3 heteroatoms. The van der Waals surface area contributed by atoms with Crippen molar-refractivity contribution in [1.29, 1.82) is 0 Å². The van der Waals surface area contributed by atoms with Crippen molar-refractivity contribution in [2.24, 2.45) is 0 Å². The highest BCUT2D eigenvalue weighted by atomic mass is 79.9. The summed E-state index contributed by atoms with van der Waals surface area (Å²) in [5.74, 6) is 0. The van der Waals surface area contributed by atoms with Crippen molar-refractivity contribution in [2.45, 2.75) is 26.1 Å². The Morgan fingerprint density at radius 1 is 0.947 bits per heavy atom. The second-order valence-electron chi connectivity index (χ2n) is 4.88. The lowest BCUT2D eigenvalue weighted by molar-refractivity contribution is 1.11. The molecular weight excluding hydrogens is 343 g/mol. The molecule has 0 aliphatic carbocycles. The van der Waals surface area contributed by atoms with E-state index in [4.69, 9.17) is 23.2 Å². The summed E-state index contributed by atoms with van der Waals surface area (Å²) in [6.45, 7) is 6.18. The van der Waals surface area contributed by atoms with Crippen molar-refractivity contribution in [3.63, 3.8) is 0 Å². The van der Waals surface area contributed by atoms with Gasteiger partial charge < -0.3 is 0 Å². The first kappa shape index (κ1) is 14.9. The van der Waals surface area contributed by atoms with Gasteiger partial charge in [-0.1, -0.05) is 39.7 Å². The summed E-state index contributed by atoms with van der Waals surface area (Å²) in [5.41, 5.74) is 5.58. The molecule has 0 nitrogen and oxygen atoms in total. The van der Waals surface area contributed by atoms with Crippen LogP contribution in [0.25, 0.3) is 0 Å². The molecule has 0 fully saturated rings. The van der Waals surface area contributed by atoms with E-state index >= 15 is 0 Å². The minimum absolute atomic E-state index is 0.233. The number of benzene rings is 2. The second kappa shape index (κ2) is 5.87. The quantitative estimate of drug-likeness (QED) is 0.549. The van der Waals surface area contributed by atoms with Crippen LogP contribution in [0, 0.1) is 20.8 Å². The molecule has 1 atom stereocenters. The third-order valence-electron chi connectivity index (χ3n) is 3.24. The lowest BCUT2D eigenvalue weighted by Gasteiger charge is -2.15. The largest absolute Gasteiger partial charge is 0.113 e. The normalized spacial score (nSPS) is 12.5. The summed E-state index contributed by atoms with van der Waals surface area (Å²) < 4.78 is 1.04. The molecule has 19 heavy (non-hydrogen) atoms. The van der Waals surface area contributed by atoms with Crippen molar-refractivity contribution in [1.82, 2.24) is 0 Å². The highest BCUT2D eigenvalue weighted by Crippen LogP contribution is 2.36. The zero-order chi connectivity index (χ0) is 14.2. The van der Waals surface area contributed by atoms with E-state index in [2.05, 4.69) is 54.9 Å². The van der Waals surface area contributed by atoms with Gasteiger partial charge in [-0.15, -0.1) is 11.6 Å². The fourth-order valence-corrected chi connectivity index (χ4v) is 3.40. The molecule has 2 aromatic carbocycles. The Balaban J connectivity index is 2.49. The standard InChI is InChI=1S/C16H15BrCl2/c1-9-4-12(8-13(17)5-9)16(19)14-6-10(2)11(3)7-15(14)18/h4-8,16H,1-3H3. The minimum atomic E-state index is -0.233. The third kappa shape index (κ3) is 3.34. The van der Waals surface area contributed by atoms with Gasteiger partial charge in [0.25, 0.3) is 0 Å². The van der Waals surface area contributed by atoms with Crippen molar-refractivity contribution >= 4 is 39.1 Å². The molecule has 2 aromatic rings. The number of hydrogen-bond acceptors (Lipinski definition) is 0. The van der Waals surface area contributed by atoms with Crippen LogP contribution in [0.2, 0.25) is 5.02 Å². The maximum Gasteiger partial charge on any atom is 0.0850 e. The van der Waals surface area contributed by atoms with Crippen LogP contribution < -0.4 is 0 Å². The van der Waals surface area contributed by atoms with Gasteiger partial charge >= 0.3 is 0 Å². The summed E-state index contributed by atoms with van der Waals surface area (Å²) in [5, 5.41) is 0.490. The third-order valence-corrected chi connectivity index (χ3v) is 4.52. The van der Waals surface area contributed by atoms with Gasteiger partial charge in [-0.25, -0.2) is 0 Å². The molecule has 0 spiro atoms. The predicted octanol–water partition coefficient (Wildman–Crippen LogP) is 6.36. The Hall–Kier alpha value is -0.500. The SMILES string of the molecule is Cc1cc(Br)cc(C(Cl)c2cc(C)c(C)cc2Cl)c1. The highest BCUT2D eigenvalue weighted by Gasteiger charge is 2.16. The van der Waals surface area contributed by atoms with Gasteiger partial charge in [0.05, 0.1) is 5.38 Å². The number of rotatable bonds is 2. The molecule has 0 heterocycles. The van der Waals surface area contributed by atoms with Gasteiger partial charge in [0.15, 0.2) is 0 Å². The van der Waals surface area contributed by atoms with E-state index in [1.807, 2.05) is 12.1 Å². The average Bonchev–Trinajstić information content (AvgIpc) is 2.31. The van der Waals surface area contributed by atoms with E-state index in [-0.39, 0.29) is 5.38 Å². The van der Waals surface area contributed by atoms with Gasteiger partial charge in [0.1, 0.15) is 0 Å². The predicted molar refractivity (Wildman–Crippen MR) is 87.5 cm³/mol. The molecule has 0 bridgehead atoms. The van der Waals surface area contributed by atoms with Crippen LogP contribution in [0.1, 0.15) is 33.2 Å². The summed E-state index contributed by atoms with van der Waals surface area (Å²) in [7, 11) is 0. The van der Waals surface area contributed by atoms with E-state index in [9.17, 15) is 0 Å². The van der Waals surface area contributed by atoms with Crippen LogP contribution in [0.15, 0.2) is 34.8 Å². The Bertz CT molecular complexity index is 600. The molecule has 2 rings (SSSR count). The maximum atomic E-state index is 6.60. The fraction of sp³-hybridized carbons (Fsp3) is 0.250. The van der Waals surface area contributed by atoms with E-state index < -0.39 is 0 Å². The number of hydrogen-bond donors (Lipinski definition) is 0. The van der Waals surface area contributed by atoms with E-state index in [1.54, 1.807) is 0 Å². The van der Waals surface area contributed by atoms with Gasteiger partial charge in [-0.05, 0) is 66.8 Å². The molecule has 0 aromatic heterocycles. The van der Waals surface area contributed by atoms with Gasteiger partial charge in [-0.2, -0.15) is 0 Å².